The second kappa shape index (κ2) is 10.3. The SMILES string of the molecule is O=C(CCCNC(=O)c1ccc(Cl)cc1)N[C@H](Cc1ccccc1)C(=O)O. The van der Waals surface area contributed by atoms with Crippen LogP contribution in [0.2, 0.25) is 5.02 Å². The van der Waals surface area contributed by atoms with E-state index in [2.05, 4.69) is 10.6 Å². The lowest BCUT2D eigenvalue weighted by Crippen LogP contribution is -2.42. The summed E-state index contributed by atoms with van der Waals surface area (Å²) in [4.78, 5) is 35.3. The Morgan fingerprint density at radius 3 is 2.30 bits per heavy atom. The third-order valence-corrected chi connectivity index (χ3v) is 4.14. The van der Waals surface area contributed by atoms with Crippen molar-refractivity contribution >= 4 is 29.4 Å². The fourth-order valence-corrected chi connectivity index (χ4v) is 2.60. The number of amides is 2. The molecule has 2 aromatic rings. The summed E-state index contributed by atoms with van der Waals surface area (Å²) in [6.45, 7) is 0.311. The first-order valence-corrected chi connectivity index (χ1v) is 8.93. The molecule has 2 rings (SSSR count). The van der Waals surface area contributed by atoms with Crippen LogP contribution in [0, 0.1) is 0 Å². The van der Waals surface area contributed by atoms with Gasteiger partial charge in [0.25, 0.3) is 5.91 Å². The van der Waals surface area contributed by atoms with Gasteiger partial charge >= 0.3 is 5.97 Å². The van der Waals surface area contributed by atoms with Crippen LogP contribution in [0.1, 0.15) is 28.8 Å². The third kappa shape index (κ3) is 7.11. The van der Waals surface area contributed by atoms with Crippen LogP contribution in [0.5, 0.6) is 0 Å². The van der Waals surface area contributed by atoms with Gasteiger partial charge in [0.1, 0.15) is 6.04 Å². The number of hydrogen-bond acceptors (Lipinski definition) is 3. The number of carboxylic acids is 1. The van der Waals surface area contributed by atoms with Crippen molar-refractivity contribution < 1.29 is 19.5 Å². The highest BCUT2D eigenvalue weighted by atomic mass is 35.5. The van der Waals surface area contributed by atoms with Crippen molar-refractivity contribution in [2.24, 2.45) is 0 Å². The first-order chi connectivity index (χ1) is 13.0. The second-order valence-corrected chi connectivity index (χ2v) is 6.45. The van der Waals surface area contributed by atoms with Crippen molar-refractivity contribution in [2.45, 2.75) is 25.3 Å². The van der Waals surface area contributed by atoms with Crippen molar-refractivity contribution in [2.75, 3.05) is 6.54 Å². The van der Waals surface area contributed by atoms with Crippen LogP contribution >= 0.6 is 11.6 Å². The van der Waals surface area contributed by atoms with Crippen molar-refractivity contribution in [3.05, 3.63) is 70.7 Å². The van der Waals surface area contributed by atoms with Gasteiger partial charge < -0.3 is 15.7 Å². The number of halogens is 1. The number of carbonyl (C=O) groups excluding carboxylic acids is 2. The van der Waals surface area contributed by atoms with Crippen LogP contribution in [0.15, 0.2) is 54.6 Å². The summed E-state index contributed by atoms with van der Waals surface area (Å²) in [6, 6.07) is 14.6. The maximum absolute atomic E-state index is 12.0. The highest BCUT2D eigenvalue weighted by Gasteiger charge is 2.20. The van der Waals surface area contributed by atoms with Crippen molar-refractivity contribution in [3.8, 4) is 0 Å². The molecule has 142 valence electrons. The quantitative estimate of drug-likeness (QED) is 0.575. The van der Waals surface area contributed by atoms with Gasteiger partial charge in [-0.3, -0.25) is 9.59 Å². The third-order valence-electron chi connectivity index (χ3n) is 3.89. The molecule has 0 aliphatic heterocycles. The van der Waals surface area contributed by atoms with E-state index in [4.69, 9.17) is 11.6 Å². The van der Waals surface area contributed by atoms with Gasteiger partial charge in [0, 0.05) is 30.0 Å². The molecule has 1 atom stereocenters. The summed E-state index contributed by atoms with van der Waals surface area (Å²) in [5, 5.41) is 15.1. The standard InChI is InChI=1S/C20H21ClN2O4/c21-16-10-8-15(9-11-16)19(25)22-12-4-7-18(24)23-17(20(26)27)13-14-5-2-1-3-6-14/h1-3,5-6,8-11,17H,4,7,12-13H2,(H,22,25)(H,23,24)(H,26,27)/t17-/m1/s1. The van der Waals surface area contributed by atoms with Gasteiger partial charge in [0.05, 0.1) is 0 Å². The number of carboxylic acid groups (broad SMARTS) is 1. The number of hydrogen-bond donors (Lipinski definition) is 3. The lowest BCUT2D eigenvalue weighted by Gasteiger charge is -2.14. The van der Waals surface area contributed by atoms with E-state index >= 15 is 0 Å². The van der Waals surface area contributed by atoms with Gasteiger partial charge in [-0.2, -0.15) is 0 Å². The second-order valence-electron chi connectivity index (χ2n) is 6.01. The average molecular weight is 389 g/mol. The van der Waals surface area contributed by atoms with E-state index in [1.54, 1.807) is 24.3 Å². The summed E-state index contributed by atoms with van der Waals surface area (Å²) < 4.78 is 0. The minimum atomic E-state index is -1.08. The largest absolute Gasteiger partial charge is 0.480 e. The molecule has 7 heteroatoms. The smallest absolute Gasteiger partial charge is 0.326 e. The monoisotopic (exact) mass is 388 g/mol. The van der Waals surface area contributed by atoms with Gasteiger partial charge in [0.15, 0.2) is 0 Å². The first kappa shape index (κ1) is 20.5. The normalized spacial score (nSPS) is 11.4. The number of aliphatic carboxylic acids is 1. The number of benzene rings is 2. The molecule has 0 heterocycles. The molecule has 0 unspecified atom stereocenters. The molecule has 0 aliphatic carbocycles. The Kier molecular flexibility index (Phi) is 7.82. The molecule has 0 saturated carbocycles. The van der Waals surface area contributed by atoms with Gasteiger partial charge in [0.2, 0.25) is 5.91 Å². The Bertz CT molecular complexity index is 778. The molecular weight excluding hydrogens is 368 g/mol. The molecule has 0 fully saturated rings. The van der Waals surface area contributed by atoms with Gasteiger partial charge in [-0.05, 0) is 36.2 Å². The molecule has 6 nitrogen and oxygen atoms in total. The van der Waals surface area contributed by atoms with Crippen LogP contribution in [-0.2, 0) is 16.0 Å². The zero-order chi connectivity index (χ0) is 19.6. The maximum atomic E-state index is 12.0. The van der Waals surface area contributed by atoms with E-state index in [-0.39, 0.29) is 24.7 Å². The summed E-state index contributed by atoms with van der Waals surface area (Å²) in [5.41, 5.74) is 1.32. The van der Waals surface area contributed by atoms with Crippen LogP contribution in [0.25, 0.3) is 0 Å². The van der Waals surface area contributed by atoms with Crippen LogP contribution < -0.4 is 10.6 Å². The number of rotatable bonds is 9. The lowest BCUT2D eigenvalue weighted by atomic mass is 10.1. The fourth-order valence-electron chi connectivity index (χ4n) is 2.47. The minimum absolute atomic E-state index is 0.124. The van der Waals surface area contributed by atoms with E-state index in [0.717, 1.165) is 5.56 Å². The highest BCUT2D eigenvalue weighted by molar-refractivity contribution is 6.30. The van der Waals surface area contributed by atoms with Crippen molar-refractivity contribution in [1.82, 2.24) is 10.6 Å². The van der Waals surface area contributed by atoms with Gasteiger partial charge in [-0.25, -0.2) is 4.79 Å². The molecule has 0 bridgehead atoms. The number of carbonyl (C=O) groups is 3. The average Bonchev–Trinajstić information content (AvgIpc) is 2.66. The lowest BCUT2D eigenvalue weighted by molar-refractivity contribution is -0.141. The summed E-state index contributed by atoms with van der Waals surface area (Å²) in [5.74, 6) is -1.69. The summed E-state index contributed by atoms with van der Waals surface area (Å²) in [6.07, 6.45) is 0.748. The Morgan fingerprint density at radius 2 is 1.67 bits per heavy atom. The minimum Gasteiger partial charge on any atom is -0.480 e. The topological polar surface area (TPSA) is 95.5 Å². The molecule has 0 radical (unpaired) electrons. The highest BCUT2D eigenvalue weighted by Crippen LogP contribution is 2.09. The van der Waals surface area contributed by atoms with E-state index in [1.807, 2.05) is 30.3 Å². The molecule has 3 N–H and O–H groups in total. The van der Waals surface area contributed by atoms with Gasteiger partial charge in [-0.15, -0.1) is 0 Å². The van der Waals surface area contributed by atoms with Crippen molar-refractivity contribution in [1.29, 1.82) is 0 Å². The molecule has 0 aromatic heterocycles. The first-order valence-electron chi connectivity index (χ1n) is 8.55. The number of nitrogens with one attached hydrogen (secondary N) is 2. The predicted molar refractivity (Wildman–Crippen MR) is 103 cm³/mol. The molecule has 0 aliphatic rings. The van der Waals surface area contributed by atoms with E-state index in [0.29, 0.717) is 23.6 Å². The molecule has 27 heavy (non-hydrogen) atoms. The predicted octanol–water partition coefficient (Wildman–Crippen LogP) is 2.66. The summed E-state index contributed by atoms with van der Waals surface area (Å²) in [7, 11) is 0. The fraction of sp³-hybridized carbons (Fsp3) is 0.250. The van der Waals surface area contributed by atoms with Crippen LogP contribution in [-0.4, -0.2) is 35.5 Å². The molecule has 0 saturated heterocycles. The molecule has 2 aromatic carbocycles. The Labute approximate surface area is 162 Å². The zero-order valence-corrected chi connectivity index (χ0v) is 15.4. The van der Waals surface area contributed by atoms with E-state index < -0.39 is 12.0 Å². The zero-order valence-electron chi connectivity index (χ0n) is 14.7. The van der Waals surface area contributed by atoms with Crippen LogP contribution in [0.4, 0.5) is 0 Å². The van der Waals surface area contributed by atoms with E-state index in [9.17, 15) is 19.5 Å². The maximum Gasteiger partial charge on any atom is 0.326 e. The molecular formula is C20H21ClN2O4. The molecule has 2 amide bonds. The Balaban J connectivity index is 1.73. The molecule has 0 spiro atoms. The van der Waals surface area contributed by atoms with Gasteiger partial charge in [-0.1, -0.05) is 41.9 Å². The van der Waals surface area contributed by atoms with Crippen LogP contribution in [0.3, 0.4) is 0 Å². The Hall–Kier alpha value is -2.86. The summed E-state index contributed by atoms with van der Waals surface area (Å²) >= 11 is 5.77. The van der Waals surface area contributed by atoms with Crippen molar-refractivity contribution in [3.63, 3.8) is 0 Å². The van der Waals surface area contributed by atoms with E-state index in [1.165, 1.54) is 0 Å². The Morgan fingerprint density at radius 1 is 1.00 bits per heavy atom.